The second-order valence-corrected chi connectivity index (χ2v) is 4.66. The Bertz CT molecular complexity index is 571. The first-order chi connectivity index (χ1) is 8.72. The molecule has 1 unspecified atom stereocenters. The molecule has 1 aliphatic rings. The summed E-state index contributed by atoms with van der Waals surface area (Å²) in [6.07, 6.45) is 7.60. The normalized spacial score (nSPS) is 18.4. The molecule has 6 nitrogen and oxygen atoms in total. The summed E-state index contributed by atoms with van der Waals surface area (Å²) in [4.78, 5) is 19.5. The Kier molecular flexibility index (Phi) is 2.62. The van der Waals surface area contributed by atoms with E-state index >= 15 is 0 Å². The molecule has 6 heteroatoms. The lowest BCUT2D eigenvalue weighted by atomic mass is 9.89. The van der Waals surface area contributed by atoms with E-state index in [0.717, 1.165) is 36.3 Å². The highest BCUT2D eigenvalue weighted by Gasteiger charge is 2.26. The maximum Gasteiger partial charge on any atom is 0.227 e. The van der Waals surface area contributed by atoms with Crippen molar-refractivity contribution in [3.8, 4) is 0 Å². The standard InChI is InChI=1S/C12H15N5O/c1-17-6-9(5-15-17)16-12(18)8-2-3-10-11(4-8)14-7-13-10/h5-8H,2-4H2,1H3,(H,13,14)(H,16,18). The predicted octanol–water partition coefficient (Wildman–Crippen LogP) is 0.887. The van der Waals surface area contributed by atoms with E-state index in [1.54, 1.807) is 23.4 Å². The number of anilines is 1. The van der Waals surface area contributed by atoms with Gasteiger partial charge in [-0.3, -0.25) is 9.48 Å². The highest BCUT2D eigenvalue weighted by molar-refractivity contribution is 5.92. The van der Waals surface area contributed by atoms with Gasteiger partial charge in [-0.2, -0.15) is 5.10 Å². The number of aromatic amines is 1. The van der Waals surface area contributed by atoms with E-state index in [1.165, 1.54) is 0 Å². The number of rotatable bonds is 2. The number of H-pyrrole nitrogens is 1. The van der Waals surface area contributed by atoms with Gasteiger partial charge in [-0.1, -0.05) is 0 Å². The fourth-order valence-corrected chi connectivity index (χ4v) is 2.35. The van der Waals surface area contributed by atoms with Crippen molar-refractivity contribution >= 4 is 11.6 Å². The fraction of sp³-hybridized carbons (Fsp3) is 0.417. The molecule has 0 radical (unpaired) electrons. The monoisotopic (exact) mass is 245 g/mol. The first-order valence-corrected chi connectivity index (χ1v) is 6.03. The van der Waals surface area contributed by atoms with Crippen molar-refractivity contribution in [1.29, 1.82) is 0 Å². The maximum absolute atomic E-state index is 12.1. The van der Waals surface area contributed by atoms with Crippen LogP contribution in [-0.4, -0.2) is 25.7 Å². The van der Waals surface area contributed by atoms with Gasteiger partial charge in [0.15, 0.2) is 0 Å². The molecule has 3 rings (SSSR count). The molecule has 0 bridgehead atoms. The summed E-state index contributed by atoms with van der Waals surface area (Å²) < 4.78 is 1.67. The van der Waals surface area contributed by atoms with Gasteiger partial charge in [0.05, 0.1) is 23.9 Å². The van der Waals surface area contributed by atoms with Crippen LogP contribution in [0.4, 0.5) is 5.69 Å². The summed E-state index contributed by atoms with van der Waals surface area (Å²) in [5.74, 6) is 0.0707. The average Bonchev–Trinajstić information content (AvgIpc) is 2.96. The van der Waals surface area contributed by atoms with Gasteiger partial charge in [0.25, 0.3) is 0 Å². The molecule has 2 aromatic heterocycles. The first-order valence-electron chi connectivity index (χ1n) is 6.03. The van der Waals surface area contributed by atoms with Crippen LogP contribution >= 0.6 is 0 Å². The average molecular weight is 245 g/mol. The Morgan fingerprint density at radius 1 is 1.61 bits per heavy atom. The van der Waals surface area contributed by atoms with Crippen LogP contribution in [0.2, 0.25) is 0 Å². The second-order valence-electron chi connectivity index (χ2n) is 4.66. The van der Waals surface area contributed by atoms with Crippen LogP contribution < -0.4 is 5.32 Å². The largest absolute Gasteiger partial charge is 0.348 e. The SMILES string of the molecule is Cn1cc(NC(=O)C2CCc3nc[nH]c3C2)cn1. The van der Waals surface area contributed by atoms with E-state index < -0.39 is 0 Å². The number of aromatic nitrogens is 4. The zero-order valence-electron chi connectivity index (χ0n) is 10.2. The van der Waals surface area contributed by atoms with Crippen molar-refractivity contribution in [3.05, 3.63) is 30.1 Å². The number of nitrogens with one attached hydrogen (secondary N) is 2. The molecule has 0 spiro atoms. The summed E-state index contributed by atoms with van der Waals surface area (Å²) in [7, 11) is 1.83. The molecule has 0 saturated carbocycles. The quantitative estimate of drug-likeness (QED) is 0.825. The smallest absolute Gasteiger partial charge is 0.227 e. The molecule has 1 amide bonds. The molecule has 2 aromatic rings. The Hall–Kier alpha value is -2.11. The fourth-order valence-electron chi connectivity index (χ4n) is 2.35. The van der Waals surface area contributed by atoms with Crippen LogP contribution in [0, 0.1) is 5.92 Å². The van der Waals surface area contributed by atoms with E-state index in [9.17, 15) is 4.79 Å². The van der Waals surface area contributed by atoms with Crippen molar-refractivity contribution in [2.45, 2.75) is 19.3 Å². The van der Waals surface area contributed by atoms with Gasteiger partial charge in [0.1, 0.15) is 0 Å². The Labute approximate surface area is 104 Å². The van der Waals surface area contributed by atoms with Crippen LogP contribution in [0.5, 0.6) is 0 Å². The summed E-state index contributed by atoms with van der Waals surface area (Å²) in [6.45, 7) is 0. The molecule has 0 saturated heterocycles. The minimum Gasteiger partial charge on any atom is -0.348 e. The minimum absolute atomic E-state index is 0.0122. The number of carbonyl (C=O) groups is 1. The highest BCUT2D eigenvalue weighted by Crippen LogP contribution is 2.23. The molecule has 0 aromatic carbocycles. The van der Waals surface area contributed by atoms with Gasteiger partial charge >= 0.3 is 0 Å². The lowest BCUT2D eigenvalue weighted by Crippen LogP contribution is -2.28. The zero-order valence-corrected chi connectivity index (χ0v) is 10.2. The molecule has 94 valence electrons. The Balaban J connectivity index is 1.67. The number of amides is 1. The number of aryl methyl sites for hydroxylation is 2. The van der Waals surface area contributed by atoms with Crippen molar-refractivity contribution < 1.29 is 4.79 Å². The summed E-state index contributed by atoms with van der Waals surface area (Å²) in [5.41, 5.74) is 2.94. The molecular formula is C12H15N5O. The summed E-state index contributed by atoms with van der Waals surface area (Å²) in [6, 6.07) is 0. The first kappa shape index (κ1) is 11.0. The number of hydrogen-bond acceptors (Lipinski definition) is 3. The third-order valence-corrected chi connectivity index (χ3v) is 3.33. The molecule has 0 fully saturated rings. The predicted molar refractivity (Wildman–Crippen MR) is 65.9 cm³/mol. The van der Waals surface area contributed by atoms with E-state index in [2.05, 4.69) is 20.4 Å². The van der Waals surface area contributed by atoms with Crippen LogP contribution in [0.25, 0.3) is 0 Å². The van der Waals surface area contributed by atoms with E-state index in [1.807, 2.05) is 7.05 Å². The van der Waals surface area contributed by atoms with Gasteiger partial charge in [-0.25, -0.2) is 4.98 Å². The van der Waals surface area contributed by atoms with Gasteiger partial charge in [0, 0.05) is 31.3 Å². The molecular weight excluding hydrogens is 230 g/mol. The van der Waals surface area contributed by atoms with Crippen LogP contribution in [0.1, 0.15) is 17.8 Å². The molecule has 2 N–H and O–H groups in total. The van der Waals surface area contributed by atoms with Gasteiger partial charge < -0.3 is 10.3 Å². The number of nitrogens with zero attached hydrogens (tertiary/aromatic N) is 3. The molecule has 1 aliphatic carbocycles. The molecule has 18 heavy (non-hydrogen) atoms. The van der Waals surface area contributed by atoms with E-state index in [0.29, 0.717) is 0 Å². The maximum atomic E-state index is 12.1. The highest BCUT2D eigenvalue weighted by atomic mass is 16.1. The van der Waals surface area contributed by atoms with Crippen LogP contribution in [0.15, 0.2) is 18.7 Å². The molecule has 0 aliphatic heterocycles. The van der Waals surface area contributed by atoms with Crippen molar-refractivity contribution in [3.63, 3.8) is 0 Å². The van der Waals surface area contributed by atoms with Gasteiger partial charge in [-0.05, 0) is 12.8 Å². The number of fused-ring (bicyclic) bond motifs is 1. The zero-order chi connectivity index (χ0) is 12.5. The van der Waals surface area contributed by atoms with E-state index in [-0.39, 0.29) is 11.8 Å². The Morgan fingerprint density at radius 2 is 2.50 bits per heavy atom. The van der Waals surface area contributed by atoms with Crippen molar-refractivity contribution in [2.24, 2.45) is 13.0 Å². The number of hydrogen-bond donors (Lipinski definition) is 2. The van der Waals surface area contributed by atoms with Crippen LogP contribution in [0.3, 0.4) is 0 Å². The third kappa shape index (κ3) is 2.01. The third-order valence-electron chi connectivity index (χ3n) is 3.33. The minimum atomic E-state index is 0.0122. The number of carbonyl (C=O) groups excluding carboxylic acids is 1. The summed E-state index contributed by atoms with van der Waals surface area (Å²) >= 11 is 0. The lowest BCUT2D eigenvalue weighted by Gasteiger charge is -2.20. The number of imidazole rings is 1. The molecule has 1 atom stereocenters. The topological polar surface area (TPSA) is 75.6 Å². The van der Waals surface area contributed by atoms with Crippen molar-refractivity contribution in [2.75, 3.05) is 5.32 Å². The van der Waals surface area contributed by atoms with Crippen molar-refractivity contribution in [1.82, 2.24) is 19.7 Å². The lowest BCUT2D eigenvalue weighted by molar-refractivity contribution is -0.120. The van der Waals surface area contributed by atoms with Gasteiger partial charge in [-0.15, -0.1) is 0 Å². The summed E-state index contributed by atoms with van der Waals surface area (Å²) in [5, 5.41) is 6.93. The van der Waals surface area contributed by atoms with Gasteiger partial charge in [0.2, 0.25) is 5.91 Å². The Morgan fingerprint density at radius 3 is 3.28 bits per heavy atom. The van der Waals surface area contributed by atoms with Crippen LogP contribution in [-0.2, 0) is 24.7 Å². The van der Waals surface area contributed by atoms with E-state index in [4.69, 9.17) is 0 Å². The second kappa shape index (κ2) is 4.29. The molecule has 2 heterocycles.